The van der Waals surface area contributed by atoms with E-state index in [1.807, 2.05) is 13.0 Å². The molecule has 1 N–H and O–H groups in total. The third kappa shape index (κ3) is 3.89. The number of hydrogen-bond acceptors (Lipinski definition) is 2. The molecule has 0 saturated carbocycles. The Balaban J connectivity index is 2.41. The van der Waals surface area contributed by atoms with Gasteiger partial charge in [0.2, 0.25) is 0 Å². The van der Waals surface area contributed by atoms with Crippen LogP contribution in [-0.2, 0) is 5.41 Å². The molecule has 114 valence electrons. The van der Waals surface area contributed by atoms with Crippen molar-refractivity contribution >= 4 is 11.3 Å². The minimum atomic E-state index is -0.541. The lowest BCUT2D eigenvalue weighted by Gasteiger charge is -2.19. The largest absolute Gasteiger partial charge is 0.306 e. The van der Waals surface area contributed by atoms with E-state index >= 15 is 0 Å². The Bertz CT molecular complexity index is 593. The smallest absolute Gasteiger partial charge is 0.126 e. The van der Waals surface area contributed by atoms with Crippen LogP contribution < -0.4 is 5.32 Å². The van der Waals surface area contributed by atoms with Crippen LogP contribution in [0.1, 0.15) is 49.1 Å². The van der Waals surface area contributed by atoms with Crippen LogP contribution in [-0.4, -0.2) is 6.54 Å². The molecular weight excluding hydrogens is 288 g/mol. The van der Waals surface area contributed by atoms with Gasteiger partial charge in [-0.3, -0.25) is 0 Å². The zero-order valence-corrected chi connectivity index (χ0v) is 13.7. The quantitative estimate of drug-likeness (QED) is 0.836. The lowest BCUT2D eigenvalue weighted by atomic mass is 9.95. The van der Waals surface area contributed by atoms with Crippen molar-refractivity contribution in [2.45, 2.75) is 39.2 Å². The van der Waals surface area contributed by atoms with Gasteiger partial charge in [-0.1, -0.05) is 27.7 Å². The molecule has 2 rings (SSSR count). The Labute approximate surface area is 129 Å². The third-order valence-electron chi connectivity index (χ3n) is 3.28. The SMILES string of the molecule is CCNC(c1cc(F)cc(F)c1)c1ccc(C(C)(C)C)s1. The Morgan fingerprint density at radius 2 is 1.71 bits per heavy atom. The van der Waals surface area contributed by atoms with Gasteiger partial charge in [0.15, 0.2) is 0 Å². The third-order valence-corrected chi connectivity index (χ3v) is 4.85. The molecule has 1 unspecified atom stereocenters. The van der Waals surface area contributed by atoms with Gasteiger partial charge in [0, 0.05) is 15.8 Å². The van der Waals surface area contributed by atoms with Crippen LogP contribution in [0.3, 0.4) is 0 Å². The highest BCUT2D eigenvalue weighted by Gasteiger charge is 2.21. The molecule has 2 aromatic rings. The van der Waals surface area contributed by atoms with Crippen LogP contribution in [0.15, 0.2) is 30.3 Å². The maximum atomic E-state index is 13.5. The summed E-state index contributed by atoms with van der Waals surface area (Å²) in [7, 11) is 0. The van der Waals surface area contributed by atoms with E-state index in [-0.39, 0.29) is 11.5 Å². The first kappa shape index (κ1) is 16.1. The van der Waals surface area contributed by atoms with Crippen molar-refractivity contribution in [3.8, 4) is 0 Å². The van der Waals surface area contributed by atoms with E-state index in [1.54, 1.807) is 11.3 Å². The molecule has 0 amide bonds. The highest BCUT2D eigenvalue weighted by atomic mass is 32.1. The molecule has 0 aliphatic heterocycles. The average molecular weight is 309 g/mol. The Kier molecular flexibility index (Phi) is 4.79. The molecule has 1 aromatic carbocycles. The van der Waals surface area contributed by atoms with Gasteiger partial charge in [0.25, 0.3) is 0 Å². The summed E-state index contributed by atoms with van der Waals surface area (Å²) in [5, 5.41) is 3.31. The van der Waals surface area contributed by atoms with Crippen LogP contribution in [0.5, 0.6) is 0 Å². The summed E-state index contributed by atoms with van der Waals surface area (Å²) in [4.78, 5) is 2.34. The van der Waals surface area contributed by atoms with Crippen molar-refractivity contribution in [3.05, 3.63) is 57.3 Å². The van der Waals surface area contributed by atoms with E-state index in [2.05, 4.69) is 32.2 Å². The molecule has 0 fully saturated rings. The van der Waals surface area contributed by atoms with E-state index in [1.165, 1.54) is 17.0 Å². The van der Waals surface area contributed by atoms with Crippen molar-refractivity contribution < 1.29 is 8.78 Å². The second-order valence-corrected chi connectivity index (χ2v) is 7.26. The van der Waals surface area contributed by atoms with Crippen molar-refractivity contribution in [2.75, 3.05) is 6.54 Å². The fourth-order valence-corrected chi connectivity index (χ4v) is 3.41. The fraction of sp³-hybridized carbons (Fsp3) is 0.412. The number of benzene rings is 1. The van der Waals surface area contributed by atoms with Gasteiger partial charge in [0.05, 0.1) is 6.04 Å². The first-order chi connectivity index (χ1) is 9.81. The van der Waals surface area contributed by atoms with E-state index in [0.717, 1.165) is 17.5 Å². The molecule has 0 aliphatic carbocycles. The molecule has 1 nitrogen and oxygen atoms in total. The maximum Gasteiger partial charge on any atom is 0.126 e. The summed E-state index contributed by atoms with van der Waals surface area (Å²) in [6.07, 6.45) is 0. The molecule has 1 aromatic heterocycles. The molecule has 1 heterocycles. The number of halogens is 2. The summed E-state index contributed by atoms with van der Waals surface area (Å²) in [5.74, 6) is -1.08. The molecule has 0 radical (unpaired) electrons. The first-order valence-corrected chi connectivity index (χ1v) is 7.92. The summed E-state index contributed by atoms with van der Waals surface area (Å²) >= 11 is 1.69. The van der Waals surface area contributed by atoms with E-state index in [4.69, 9.17) is 0 Å². The zero-order chi connectivity index (χ0) is 15.6. The number of rotatable bonds is 4. The first-order valence-electron chi connectivity index (χ1n) is 7.11. The van der Waals surface area contributed by atoms with Crippen molar-refractivity contribution in [2.24, 2.45) is 0 Å². The van der Waals surface area contributed by atoms with Crippen molar-refractivity contribution in [3.63, 3.8) is 0 Å². The lowest BCUT2D eigenvalue weighted by Crippen LogP contribution is -2.21. The molecule has 4 heteroatoms. The van der Waals surface area contributed by atoms with E-state index in [9.17, 15) is 8.78 Å². The predicted octanol–water partition coefficient (Wildman–Crippen LogP) is 5.02. The molecule has 21 heavy (non-hydrogen) atoms. The predicted molar refractivity (Wildman–Crippen MR) is 84.9 cm³/mol. The van der Waals surface area contributed by atoms with Crippen molar-refractivity contribution in [1.82, 2.24) is 5.32 Å². The van der Waals surface area contributed by atoms with Gasteiger partial charge in [-0.05, 0) is 41.8 Å². The van der Waals surface area contributed by atoms with Crippen LogP contribution in [0, 0.1) is 11.6 Å². The van der Waals surface area contributed by atoms with Gasteiger partial charge >= 0.3 is 0 Å². The summed E-state index contributed by atoms with van der Waals surface area (Å²) < 4.78 is 26.9. The monoisotopic (exact) mass is 309 g/mol. The highest BCUT2D eigenvalue weighted by molar-refractivity contribution is 7.12. The summed E-state index contributed by atoms with van der Waals surface area (Å²) in [6.45, 7) is 9.19. The van der Waals surface area contributed by atoms with Crippen molar-refractivity contribution in [1.29, 1.82) is 0 Å². The minimum Gasteiger partial charge on any atom is -0.306 e. The second kappa shape index (κ2) is 6.24. The van der Waals surface area contributed by atoms with Crippen LogP contribution in [0.2, 0.25) is 0 Å². The molecule has 0 bridgehead atoms. The number of thiophene rings is 1. The number of nitrogens with one attached hydrogen (secondary N) is 1. The van der Waals surface area contributed by atoms with Gasteiger partial charge in [-0.25, -0.2) is 8.78 Å². The number of hydrogen-bond donors (Lipinski definition) is 1. The standard InChI is InChI=1S/C17H21F2NS/c1-5-20-16(11-8-12(18)10-13(19)9-11)14-6-7-15(21-14)17(2,3)4/h6-10,16,20H,5H2,1-4H3. The average Bonchev–Trinajstić information content (AvgIpc) is 2.83. The van der Waals surface area contributed by atoms with Crippen LogP contribution in [0.4, 0.5) is 8.78 Å². The maximum absolute atomic E-state index is 13.5. The minimum absolute atomic E-state index is 0.0763. The Hall–Kier alpha value is -1.26. The Morgan fingerprint density at radius 3 is 2.19 bits per heavy atom. The summed E-state index contributed by atoms with van der Waals surface area (Å²) in [6, 6.07) is 7.66. The lowest BCUT2D eigenvalue weighted by molar-refractivity contribution is 0.567. The van der Waals surface area contributed by atoms with E-state index < -0.39 is 11.6 Å². The van der Waals surface area contributed by atoms with Crippen LogP contribution in [0.25, 0.3) is 0 Å². The van der Waals surface area contributed by atoms with Crippen LogP contribution >= 0.6 is 11.3 Å². The molecule has 0 aliphatic rings. The van der Waals surface area contributed by atoms with E-state index in [0.29, 0.717) is 5.56 Å². The Morgan fingerprint density at radius 1 is 1.10 bits per heavy atom. The highest BCUT2D eigenvalue weighted by Crippen LogP contribution is 2.35. The summed E-state index contributed by atoms with van der Waals surface area (Å²) in [5.41, 5.74) is 0.698. The topological polar surface area (TPSA) is 12.0 Å². The zero-order valence-electron chi connectivity index (χ0n) is 12.8. The van der Waals surface area contributed by atoms with Gasteiger partial charge in [-0.2, -0.15) is 0 Å². The van der Waals surface area contributed by atoms with Gasteiger partial charge < -0.3 is 5.32 Å². The molecule has 1 atom stereocenters. The molecule has 0 spiro atoms. The van der Waals surface area contributed by atoms with Gasteiger partial charge in [-0.15, -0.1) is 11.3 Å². The normalized spacial score (nSPS) is 13.4. The second-order valence-electron chi connectivity index (χ2n) is 6.15. The molecular formula is C17H21F2NS. The molecule has 0 saturated heterocycles. The van der Waals surface area contributed by atoms with Gasteiger partial charge in [0.1, 0.15) is 11.6 Å². The fourth-order valence-electron chi connectivity index (χ4n) is 2.24.